The number of nitrogens with one attached hydrogen (secondary N) is 1. The third kappa shape index (κ3) is 4.38. The van der Waals surface area contributed by atoms with Crippen LogP contribution in [0.4, 0.5) is 24.7 Å². The normalized spacial score (nSPS) is 15.9. The maximum atomic E-state index is 13.1. The number of ether oxygens (including phenoxy) is 1. The number of nitrogens with zero attached hydrogens (tertiary/aromatic N) is 5. The summed E-state index contributed by atoms with van der Waals surface area (Å²) in [7, 11) is 2.03. The molecule has 1 fully saturated rings. The number of piperidine rings is 1. The number of nitrogen functional groups attached to an aromatic ring is 1. The zero-order chi connectivity index (χ0) is 22.2. The van der Waals surface area contributed by atoms with Gasteiger partial charge in [0, 0.05) is 31.5 Å². The van der Waals surface area contributed by atoms with Gasteiger partial charge >= 0.3 is 6.18 Å². The molecule has 1 amide bonds. The SMILES string of the molecule is CN1CCC(Oc2ccncc2NC(=O)c2c(N)nn3ccc(C(F)(F)F)nc23)CC1. The van der Waals surface area contributed by atoms with Crippen LogP contribution in [0.3, 0.4) is 0 Å². The predicted molar refractivity (Wildman–Crippen MR) is 106 cm³/mol. The van der Waals surface area contributed by atoms with Gasteiger partial charge in [0.25, 0.3) is 5.91 Å². The molecule has 0 aliphatic carbocycles. The molecule has 31 heavy (non-hydrogen) atoms. The minimum Gasteiger partial charge on any atom is -0.488 e. The van der Waals surface area contributed by atoms with Crippen LogP contribution in [0.2, 0.25) is 0 Å². The quantitative estimate of drug-likeness (QED) is 0.648. The highest BCUT2D eigenvalue weighted by atomic mass is 19.4. The smallest absolute Gasteiger partial charge is 0.433 e. The van der Waals surface area contributed by atoms with E-state index in [1.165, 1.54) is 12.4 Å². The van der Waals surface area contributed by atoms with Crippen molar-refractivity contribution in [1.82, 2.24) is 24.5 Å². The van der Waals surface area contributed by atoms with Crippen molar-refractivity contribution in [3.8, 4) is 5.75 Å². The summed E-state index contributed by atoms with van der Waals surface area (Å²) in [4.78, 5) is 22.6. The fourth-order valence-corrected chi connectivity index (χ4v) is 3.37. The summed E-state index contributed by atoms with van der Waals surface area (Å²) in [6.45, 7) is 1.78. The van der Waals surface area contributed by atoms with E-state index < -0.39 is 17.8 Å². The maximum absolute atomic E-state index is 13.1. The lowest BCUT2D eigenvalue weighted by molar-refractivity contribution is -0.141. The average molecular weight is 435 g/mol. The van der Waals surface area contributed by atoms with Gasteiger partial charge in [-0.15, -0.1) is 5.10 Å². The van der Waals surface area contributed by atoms with Gasteiger partial charge in [0.15, 0.2) is 11.5 Å². The van der Waals surface area contributed by atoms with Gasteiger partial charge in [0.05, 0.1) is 6.20 Å². The molecular weight excluding hydrogens is 415 g/mol. The van der Waals surface area contributed by atoms with E-state index in [2.05, 4.69) is 25.3 Å². The summed E-state index contributed by atoms with van der Waals surface area (Å²) < 4.78 is 46.2. The van der Waals surface area contributed by atoms with Gasteiger partial charge < -0.3 is 20.7 Å². The van der Waals surface area contributed by atoms with Crippen molar-refractivity contribution in [2.45, 2.75) is 25.1 Å². The molecule has 0 saturated carbocycles. The van der Waals surface area contributed by atoms with Crippen LogP contribution in [0.15, 0.2) is 30.7 Å². The van der Waals surface area contributed by atoms with E-state index in [1.54, 1.807) is 6.07 Å². The molecule has 12 heteroatoms. The topological polar surface area (TPSA) is 111 Å². The number of carbonyl (C=O) groups is 1. The number of hydrogen-bond acceptors (Lipinski definition) is 7. The number of alkyl halides is 3. The molecule has 0 bridgehead atoms. The fraction of sp³-hybridized carbons (Fsp3) is 0.368. The van der Waals surface area contributed by atoms with Crippen LogP contribution in [0.25, 0.3) is 5.65 Å². The van der Waals surface area contributed by atoms with E-state index in [9.17, 15) is 18.0 Å². The lowest BCUT2D eigenvalue weighted by atomic mass is 10.1. The number of fused-ring (bicyclic) bond motifs is 1. The van der Waals surface area contributed by atoms with Crippen LogP contribution in [-0.4, -0.2) is 56.6 Å². The van der Waals surface area contributed by atoms with E-state index in [1.807, 2.05) is 7.05 Å². The number of halogens is 3. The van der Waals surface area contributed by atoms with Crippen LogP contribution < -0.4 is 15.8 Å². The molecule has 9 nitrogen and oxygen atoms in total. The van der Waals surface area contributed by atoms with E-state index in [-0.39, 0.29) is 28.8 Å². The first kappa shape index (κ1) is 20.8. The summed E-state index contributed by atoms with van der Waals surface area (Å²) in [5, 5.41) is 6.49. The van der Waals surface area contributed by atoms with Gasteiger partial charge in [-0.2, -0.15) is 13.2 Å². The second-order valence-corrected chi connectivity index (χ2v) is 7.29. The Kier molecular flexibility index (Phi) is 5.39. The van der Waals surface area contributed by atoms with Gasteiger partial charge in [0.1, 0.15) is 28.8 Å². The van der Waals surface area contributed by atoms with Crippen molar-refractivity contribution in [2.75, 3.05) is 31.2 Å². The Morgan fingerprint density at radius 1 is 1.29 bits per heavy atom. The van der Waals surface area contributed by atoms with Crippen LogP contribution in [0.5, 0.6) is 5.75 Å². The molecule has 0 unspecified atom stereocenters. The number of pyridine rings is 1. The largest absolute Gasteiger partial charge is 0.488 e. The maximum Gasteiger partial charge on any atom is 0.433 e. The second-order valence-electron chi connectivity index (χ2n) is 7.29. The van der Waals surface area contributed by atoms with Gasteiger partial charge in [-0.3, -0.25) is 9.78 Å². The summed E-state index contributed by atoms with van der Waals surface area (Å²) in [6, 6.07) is 2.38. The monoisotopic (exact) mass is 435 g/mol. The van der Waals surface area contributed by atoms with Gasteiger partial charge in [0.2, 0.25) is 0 Å². The molecule has 1 aliphatic rings. The third-order valence-electron chi connectivity index (χ3n) is 5.02. The first-order valence-corrected chi connectivity index (χ1v) is 9.55. The standard InChI is InChI=1S/C19H20F3N7O2/c1-28-7-3-11(4-8-28)31-13-2-6-24-10-12(13)25-18(30)15-16(23)27-29-9-5-14(19(20,21)22)26-17(15)29/h2,5-6,9-11H,3-4,7-8H2,1H3,(H2,23,27)(H,25,30). The molecule has 3 aromatic heterocycles. The molecule has 1 aliphatic heterocycles. The number of likely N-dealkylation sites (tertiary alicyclic amines) is 1. The zero-order valence-electron chi connectivity index (χ0n) is 16.6. The zero-order valence-corrected chi connectivity index (χ0v) is 16.6. The van der Waals surface area contributed by atoms with Crippen LogP contribution in [0, 0.1) is 0 Å². The Morgan fingerprint density at radius 2 is 2.03 bits per heavy atom. The average Bonchev–Trinajstić information content (AvgIpc) is 3.05. The molecule has 0 atom stereocenters. The number of anilines is 2. The highest BCUT2D eigenvalue weighted by Gasteiger charge is 2.34. The highest BCUT2D eigenvalue weighted by molar-refractivity contribution is 6.12. The summed E-state index contributed by atoms with van der Waals surface area (Å²) >= 11 is 0. The van der Waals surface area contributed by atoms with Crippen LogP contribution >= 0.6 is 0 Å². The van der Waals surface area contributed by atoms with Crippen molar-refractivity contribution >= 4 is 23.1 Å². The Morgan fingerprint density at radius 3 is 2.74 bits per heavy atom. The molecule has 3 aromatic rings. The summed E-state index contributed by atoms with van der Waals surface area (Å²) in [6.07, 6.45) is 0.949. The number of nitrogens with two attached hydrogens (primary N) is 1. The van der Waals surface area contributed by atoms with E-state index in [0.717, 1.165) is 42.7 Å². The third-order valence-corrected chi connectivity index (χ3v) is 5.02. The summed E-state index contributed by atoms with van der Waals surface area (Å²) in [5.41, 5.74) is 4.36. The molecule has 4 heterocycles. The first-order valence-electron chi connectivity index (χ1n) is 9.55. The molecule has 4 rings (SSSR count). The molecule has 0 aromatic carbocycles. The summed E-state index contributed by atoms with van der Waals surface area (Å²) in [5.74, 6) is -0.594. The minimum atomic E-state index is -4.67. The molecule has 0 radical (unpaired) electrons. The van der Waals surface area contributed by atoms with E-state index >= 15 is 0 Å². The van der Waals surface area contributed by atoms with Crippen molar-refractivity contribution in [1.29, 1.82) is 0 Å². The molecular formula is C19H20F3N7O2. The lowest BCUT2D eigenvalue weighted by Gasteiger charge is -2.29. The first-order chi connectivity index (χ1) is 14.7. The molecule has 1 saturated heterocycles. The Labute approximate surface area is 175 Å². The number of amides is 1. The molecule has 3 N–H and O–H groups in total. The van der Waals surface area contributed by atoms with E-state index in [0.29, 0.717) is 5.75 Å². The molecule has 0 spiro atoms. The minimum absolute atomic E-state index is 0.0210. The van der Waals surface area contributed by atoms with Gasteiger partial charge in [-0.05, 0) is 26.0 Å². The number of aromatic nitrogens is 4. The van der Waals surface area contributed by atoms with Gasteiger partial charge in [-0.25, -0.2) is 9.50 Å². The van der Waals surface area contributed by atoms with Gasteiger partial charge in [-0.1, -0.05) is 0 Å². The Hall–Kier alpha value is -3.41. The second kappa shape index (κ2) is 8.02. The Bertz CT molecular complexity index is 1110. The van der Waals surface area contributed by atoms with Crippen molar-refractivity contribution in [3.05, 3.63) is 42.0 Å². The molecule has 164 valence electrons. The predicted octanol–water partition coefficient (Wildman–Crippen LogP) is 2.45. The number of hydrogen-bond donors (Lipinski definition) is 2. The number of carbonyl (C=O) groups excluding carboxylic acids is 1. The van der Waals surface area contributed by atoms with Crippen LogP contribution in [-0.2, 0) is 6.18 Å². The van der Waals surface area contributed by atoms with Crippen LogP contribution in [0.1, 0.15) is 28.9 Å². The van der Waals surface area contributed by atoms with Crippen molar-refractivity contribution < 1.29 is 22.7 Å². The lowest BCUT2D eigenvalue weighted by Crippen LogP contribution is -2.35. The fourth-order valence-electron chi connectivity index (χ4n) is 3.37. The van der Waals surface area contributed by atoms with Crippen molar-refractivity contribution in [2.24, 2.45) is 0 Å². The Balaban J connectivity index is 1.60. The highest BCUT2D eigenvalue weighted by Crippen LogP contribution is 2.30. The van der Waals surface area contributed by atoms with Crippen molar-refractivity contribution in [3.63, 3.8) is 0 Å². The van der Waals surface area contributed by atoms with E-state index in [4.69, 9.17) is 10.5 Å². The number of rotatable bonds is 4.